The molecule has 0 radical (unpaired) electrons. The molecule has 8 nitrogen and oxygen atoms in total. The number of methoxy groups -OCH3 is 1. The first-order chi connectivity index (χ1) is 17.0. The first-order valence-electron chi connectivity index (χ1n) is 11.6. The molecule has 198 valence electrons. The molecule has 36 heavy (non-hydrogen) atoms. The Hall–Kier alpha value is -2.49. The van der Waals surface area contributed by atoms with Gasteiger partial charge in [0.2, 0.25) is 21.8 Å². The van der Waals surface area contributed by atoms with Gasteiger partial charge in [-0.2, -0.15) is 0 Å². The second-order valence-corrected chi connectivity index (χ2v) is 11.1. The van der Waals surface area contributed by atoms with Crippen molar-refractivity contribution < 1.29 is 22.7 Å². The number of ether oxygens (including phenoxy) is 1. The number of nitrogens with one attached hydrogen (secondary N) is 1. The van der Waals surface area contributed by atoms with Crippen molar-refractivity contribution in [3.8, 4) is 5.75 Å². The summed E-state index contributed by atoms with van der Waals surface area (Å²) in [5, 5.41) is 3.59. The van der Waals surface area contributed by atoms with Gasteiger partial charge in [-0.1, -0.05) is 48.3 Å². The van der Waals surface area contributed by atoms with Crippen LogP contribution in [0.1, 0.15) is 38.7 Å². The molecule has 2 aromatic rings. The highest BCUT2D eigenvalue weighted by molar-refractivity contribution is 7.92. The van der Waals surface area contributed by atoms with Gasteiger partial charge in [-0.25, -0.2) is 8.42 Å². The van der Waals surface area contributed by atoms with E-state index >= 15 is 0 Å². The minimum atomic E-state index is -3.64. The molecule has 2 aromatic carbocycles. The number of hydrogen-bond acceptors (Lipinski definition) is 5. The molecule has 0 aliphatic heterocycles. The lowest BCUT2D eigenvalue weighted by molar-refractivity contribution is -0.140. The van der Waals surface area contributed by atoms with Crippen LogP contribution < -0.4 is 14.4 Å². The van der Waals surface area contributed by atoms with Crippen molar-refractivity contribution in [1.29, 1.82) is 0 Å². The lowest BCUT2D eigenvalue weighted by Crippen LogP contribution is -2.47. The smallest absolute Gasteiger partial charge is 0.242 e. The zero-order valence-electron chi connectivity index (χ0n) is 21.0. The number of sulfonamides is 1. The van der Waals surface area contributed by atoms with E-state index in [2.05, 4.69) is 5.32 Å². The maximum atomic E-state index is 13.3. The van der Waals surface area contributed by atoms with Crippen LogP contribution in [0.25, 0.3) is 0 Å². The number of nitrogens with zero attached hydrogens (tertiary/aromatic N) is 2. The number of carbonyl (C=O) groups is 2. The van der Waals surface area contributed by atoms with Crippen molar-refractivity contribution in [2.24, 2.45) is 0 Å². The highest BCUT2D eigenvalue weighted by atomic mass is 35.5. The predicted molar refractivity (Wildman–Crippen MR) is 144 cm³/mol. The van der Waals surface area contributed by atoms with E-state index in [1.165, 1.54) is 22.4 Å². The molecule has 2 amide bonds. The van der Waals surface area contributed by atoms with Crippen molar-refractivity contribution >= 4 is 50.7 Å². The quantitative estimate of drug-likeness (QED) is 0.391. The molecule has 1 N–H and O–H groups in total. The maximum Gasteiger partial charge on any atom is 0.242 e. The van der Waals surface area contributed by atoms with E-state index in [9.17, 15) is 18.0 Å². The highest BCUT2D eigenvalue weighted by Gasteiger charge is 2.27. The van der Waals surface area contributed by atoms with Crippen LogP contribution in [-0.4, -0.2) is 57.6 Å². The van der Waals surface area contributed by atoms with Gasteiger partial charge in [0, 0.05) is 31.1 Å². The molecule has 0 spiro atoms. The Morgan fingerprint density at radius 1 is 1.11 bits per heavy atom. The largest absolute Gasteiger partial charge is 0.495 e. The SMILES string of the molecule is CCCNC(=O)[C@H](C)N(Cc1ccccc1Cl)C(=O)CCCN(c1ccc(OC)c(Cl)c1)S(C)(=O)=O. The van der Waals surface area contributed by atoms with Gasteiger partial charge in [-0.15, -0.1) is 0 Å². The summed E-state index contributed by atoms with van der Waals surface area (Å²) >= 11 is 12.5. The molecule has 0 aromatic heterocycles. The fraction of sp³-hybridized carbons (Fsp3) is 0.440. The normalized spacial score (nSPS) is 12.1. The number of amides is 2. The van der Waals surface area contributed by atoms with Gasteiger partial charge in [0.25, 0.3) is 0 Å². The first kappa shape index (κ1) is 29.7. The van der Waals surface area contributed by atoms with Crippen LogP contribution in [0.4, 0.5) is 5.69 Å². The summed E-state index contributed by atoms with van der Waals surface area (Å²) in [7, 11) is -2.17. The molecule has 0 bridgehead atoms. The van der Waals surface area contributed by atoms with Crippen LogP contribution >= 0.6 is 23.2 Å². The third-order valence-corrected chi connectivity index (χ3v) is 7.45. The lowest BCUT2D eigenvalue weighted by atomic mass is 10.1. The van der Waals surface area contributed by atoms with E-state index in [4.69, 9.17) is 27.9 Å². The Bertz CT molecular complexity index is 1160. The summed E-state index contributed by atoms with van der Waals surface area (Å²) in [6.45, 7) is 4.33. The van der Waals surface area contributed by atoms with Crippen molar-refractivity contribution in [1.82, 2.24) is 10.2 Å². The summed E-state index contributed by atoms with van der Waals surface area (Å²) in [5.41, 5.74) is 1.09. The van der Waals surface area contributed by atoms with Crippen LogP contribution in [0.2, 0.25) is 10.0 Å². The summed E-state index contributed by atoms with van der Waals surface area (Å²) in [5.74, 6) is -0.118. The summed E-state index contributed by atoms with van der Waals surface area (Å²) in [6.07, 6.45) is 2.13. The Balaban J connectivity index is 2.19. The molecule has 11 heteroatoms. The van der Waals surface area contributed by atoms with Crippen molar-refractivity contribution in [2.75, 3.05) is 30.8 Å². The average Bonchev–Trinajstić information content (AvgIpc) is 2.83. The summed E-state index contributed by atoms with van der Waals surface area (Å²) < 4.78 is 31.3. The molecule has 0 heterocycles. The molecule has 0 saturated carbocycles. The van der Waals surface area contributed by atoms with Crippen LogP contribution in [0.15, 0.2) is 42.5 Å². The molecule has 0 fully saturated rings. The van der Waals surface area contributed by atoms with Gasteiger partial charge in [-0.3, -0.25) is 13.9 Å². The van der Waals surface area contributed by atoms with E-state index < -0.39 is 16.1 Å². The average molecular weight is 559 g/mol. The van der Waals surface area contributed by atoms with E-state index in [1.54, 1.807) is 37.3 Å². The van der Waals surface area contributed by atoms with Gasteiger partial charge >= 0.3 is 0 Å². The minimum absolute atomic E-state index is 0.0335. The molecular weight excluding hydrogens is 525 g/mol. The van der Waals surface area contributed by atoms with Gasteiger partial charge in [0.15, 0.2) is 0 Å². The van der Waals surface area contributed by atoms with Crippen molar-refractivity contribution in [3.63, 3.8) is 0 Å². The molecule has 2 rings (SSSR count). The Morgan fingerprint density at radius 3 is 2.39 bits per heavy atom. The first-order valence-corrected chi connectivity index (χ1v) is 14.2. The third kappa shape index (κ3) is 8.28. The van der Waals surface area contributed by atoms with Crippen molar-refractivity contribution in [3.05, 3.63) is 58.1 Å². The number of benzene rings is 2. The van der Waals surface area contributed by atoms with Gasteiger partial charge in [0.1, 0.15) is 11.8 Å². The third-order valence-electron chi connectivity index (χ3n) is 5.59. The predicted octanol–water partition coefficient (Wildman–Crippen LogP) is 4.49. The molecule has 0 aliphatic rings. The standard InChI is InChI=1S/C25H33Cl2N3O5S/c1-5-14-28-25(32)18(2)29(17-19-9-6-7-10-21(19)26)24(31)11-8-15-30(36(4,33)34)20-12-13-23(35-3)22(27)16-20/h6-7,9-10,12-13,16,18H,5,8,11,14-15,17H2,1-4H3,(H,28,32)/t18-/m0/s1. The van der Waals surface area contributed by atoms with Gasteiger partial charge in [-0.05, 0) is 49.6 Å². The van der Waals surface area contributed by atoms with E-state index in [0.717, 1.165) is 12.7 Å². The molecular formula is C25H33Cl2N3O5S. The van der Waals surface area contributed by atoms with Crippen LogP contribution in [-0.2, 0) is 26.2 Å². The number of carbonyl (C=O) groups excluding carboxylic acids is 2. The van der Waals surface area contributed by atoms with E-state index in [0.29, 0.717) is 28.6 Å². The monoisotopic (exact) mass is 557 g/mol. The van der Waals surface area contributed by atoms with Gasteiger partial charge in [0.05, 0.1) is 24.1 Å². The van der Waals surface area contributed by atoms with Crippen molar-refractivity contribution in [2.45, 2.75) is 45.7 Å². The molecule has 0 saturated heterocycles. The Labute approximate surface area is 223 Å². The second-order valence-electron chi connectivity index (χ2n) is 8.34. The van der Waals surface area contributed by atoms with Gasteiger partial charge < -0.3 is 15.0 Å². The fourth-order valence-corrected chi connectivity index (χ4v) is 5.01. The number of hydrogen-bond donors (Lipinski definition) is 1. The summed E-state index contributed by atoms with van der Waals surface area (Å²) in [4.78, 5) is 27.4. The number of rotatable bonds is 13. The van der Waals surface area contributed by atoms with Crippen LogP contribution in [0, 0.1) is 0 Å². The maximum absolute atomic E-state index is 13.3. The molecule has 0 unspecified atom stereocenters. The zero-order chi connectivity index (χ0) is 26.9. The second kappa shape index (κ2) is 13.7. The van der Waals surface area contributed by atoms with Crippen LogP contribution in [0.5, 0.6) is 5.75 Å². The summed E-state index contributed by atoms with van der Waals surface area (Å²) in [6, 6.07) is 11.1. The molecule has 0 aliphatic carbocycles. The minimum Gasteiger partial charge on any atom is -0.495 e. The zero-order valence-corrected chi connectivity index (χ0v) is 23.3. The van der Waals surface area contributed by atoms with Crippen LogP contribution in [0.3, 0.4) is 0 Å². The Morgan fingerprint density at radius 2 is 1.81 bits per heavy atom. The van der Waals surface area contributed by atoms with E-state index in [-0.39, 0.29) is 42.8 Å². The Kier molecular flexibility index (Phi) is 11.3. The lowest BCUT2D eigenvalue weighted by Gasteiger charge is -2.29. The van der Waals surface area contributed by atoms with E-state index in [1.807, 2.05) is 13.0 Å². The fourth-order valence-electron chi connectivity index (χ4n) is 3.60. The topological polar surface area (TPSA) is 96.0 Å². The molecule has 1 atom stereocenters. The number of halogens is 2. The highest BCUT2D eigenvalue weighted by Crippen LogP contribution is 2.30. The number of anilines is 1.